The molecule has 172 valence electrons. The van der Waals surface area contributed by atoms with Crippen LogP contribution in [0.5, 0.6) is 0 Å². The molecular weight excluding hydrogens is 441 g/mol. The molecule has 5 rings (SSSR count). The smallest absolute Gasteiger partial charge is 0.377 e. The minimum Gasteiger partial charge on any atom is -0.377 e. The molecule has 0 radical (unpaired) electrons. The van der Waals surface area contributed by atoms with Crippen molar-refractivity contribution in [3.05, 3.63) is 82.6 Å². The van der Waals surface area contributed by atoms with Crippen LogP contribution in [-0.2, 0) is 17.5 Å². The van der Waals surface area contributed by atoms with E-state index in [2.05, 4.69) is 17.5 Å². The van der Waals surface area contributed by atoms with Crippen LogP contribution in [0.1, 0.15) is 34.2 Å². The fraction of sp³-hybridized carbons (Fsp3) is 0.231. The molecule has 0 atom stereocenters. The van der Waals surface area contributed by atoms with Gasteiger partial charge in [0.15, 0.2) is 0 Å². The van der Waals surface area contributed by atoms with Gasteiger partial charge in [-0.3, -0.25) is 4.40 Å². The Hall–Kier alpha value is -3.83. The fourth-order valence-corrected chi connectivity index (χ4v) is 4.39. The number of nitrogens with zero attached hydrogens (tertiary/aromatic N) is 3. The zero-order valence-corrected chi connectivity index (χ0v) is 18.4. The van der Waals surface area contributed by atoms with Gasteiger partial charge in [-0.1, -0.05) is 24.3 Å². The maximum atomic E-state index is 13.4. The maximum absolute atomic E-state index is 13.4. The van der Waals surface area contributed by atoms with Gasteiger partial charge in [-0.2, -0.15) is 18.4 Å². The van der Waals surface area contributed by atoms with E-state index in [0.717, 1.165) is 29.0 Å². The molecule has 0 aliphatic carbocycles. The van der Waals surface area contributed by atoms with E-state index in [4.69, 9.17) is 9.72 Å². The Morgan fingerprint density at radius 1 is 1.21 bits per heavy atom. The van der Waals surface area contributed by atoms with E-state index in [-0.39, 0.29) is 12.1 Å². The van der Waals surface area contributed by atoms with E-state index in [9.17, 15) is 18.4 Å². The van der Waals surface area contributed by atoms with Crippen LogP contribution < -0.4 is 5.32 Å². The molecule has 0 fully saturated rings. The van der Waals surface area contributed by atoms with Gasteiger partial charge in [0.2, 0.25) is 0 Å². The molecule has 34 heavy (non-hydrogen) atoms. The number of alkyl halides is 3. The highest BCUT2D eigenvalue weighted by Crippen LogP contribution is 2.34. The summed E-state index contributed by atoms with van der Waals surface area (Å²) in [6.07, 6.45) is 0.184. The lowest BCUT2D eigenvalue weighted by Crippen LogP contribution is -2.11. The van der Waals surface area contributed by atoms with Crippen molar-refractivity contribution >= 4 is 27.9 Å². The molecule has 0 unspecified atom stereocenters. The van der Waals surface area contributed by atoms with Gasteiger partial charge in [-0.05, 0) is 53.8 Å². The van der Waals surface area contributed by atoms with Gasteiger partial charge in [0, 0.05) is 24.2 Å². The highest BCUT2D eigenvalue weighted by molar-refractivity contribution is 5.94. The Kier molecular flexibility index (Phi) is 5.50. The van der Waals surface area contributed by atoms with Crippen molar-refractivity contribution in [1.29, 1.82) is 5.26 Å². The summed E-state index contributed by atoms with van der Waals surface area (Å²) in [5.41, 5.74) is 4.24. The standard InChI is InChI=1S/C26H21F3N4O/c1-16-20(3-2-4-22(16)26(27,28)29)14-31-25-21-12-19(18-7-9-34-10-8-18)5-6-23(21)33-15-17(13-30)11-24(33)32-25/h2-7,11-12,15H,8-10,14H2,1H3,(H,31,32). The number of fused-ring (bicyclic) bond motifs is 3. The number of nitrogens with one attached hydrogen (secondary N) is 1. The van der Waals surface area contributed by atoms with Crippen LogP contribution in [0.2, 0.25) is 0 Å². The molecule has 0 spiro atoms. The Morgan fingerprint density at radius 3 is 2.79 bits per heavy atom. The van der Waals surface area contributed by atoms with E-state index >= 15 is 0 Å². The molecule has 2 aromatic carbocycles. The number of hydrogen-bond acceptors (Lipinski definition) is 4. The van der Waals surface area contributed by atoms with Crippen LogP contribution >= 0.6 is 0 Å². The van der Waals surface area contributed by atoms with Crippen LogP contribution in [0.3, 0.4) is 0 Å². The molecule has 0 saturated carbocycles. The lowest BCUT2D eigenvalue weighted by atomic mass is 9.99. The molecule has 3 heterocycles. The molecule has 1 aliphatic heterocycles. The van der Waals surface area contributed by atoms with Crippen LogP contribution in [0.4, 0.5) is 19.0 Å². The summed E-state index contributed by atoms with van der Waals surface area (Å²) in [7, 11) is 0. The number of anilines is 1. The first-order valence-electron chi connectivity index (χ1n) is 10.9. The minimum absolute atomic E-state index is 0.181. The Morgan fingerprint density at radius 2 is 2.06 bits per heavy atom. The van der Waals surface area contributed by atoms with Crippen LogP contribution in [0.25, 0.3) is 22.1 Å². The molecule has 2 aromatic heterocycles. The average molecular weight is 462 g/mol. The molecule has 4 aromatic rings. The second-order valence-electron chi connectivity index (χ2n) is 8.26. The summed E-state index contributed by atoms with van der Waals surface area (Å²) in [5.74, 6) is 0.552. The highest BCUT2D eigenvalue weighted by atomic mass is 19.4. The van der Waals surface area contributed by atoms with E-state index in [1.807, 2.05) is 22.6 Å². The molecule has 0 amide bonds. The molecule has 8 heteroatoms. The third kappa shape index (κ3) is 3.99. The summed E-state index contributed by atoms with van der Waals surface area (Å²) in [6, 6.07) is 14.1. The normalized spacial score (nSPS) is 14.3. The van der Waals surface area contributed by atoms with Gasteiger partial charge in [-0.15, -0.1) is 0 Å². The summed E-state index contributed by atoms with van der Waals surface area (Å²) in [6.45, 7) is 2.88. The number of hydrogen-bond donors (Lipinski definition) is 1. The number of rotatable bonds is 4. The highest BCUT2D eigenvalue weighted by Gasteiger charge is 2.32. The van der Waals surface area contributed by atoms with Crippen molar-refractivity contribution in [2.45, 2.75) is 26.1 Å². The number of ether oxygens (including phenoxy) is 1. The Labute approximate surface area is 194 Å². The number of benzene rings is 2. The van der Waals surface area contributed by atoms with Gasteiger partial charge < -0.3 is 10.1 Å². The van der Waals surface area contributed by atoms with Gasteiger partial charge in [0.05, 0.1) is 29.9 Å². The van der Waals surface area contributed by atoms with Crippen molar-refractivity contribution in [2.75, 3.05) is 18.5 Å². The van der Waals surface area contributed by atoms with Crippen molar-refractivity contribution in [3.63, 3.8) is 0 Å². The number of halogens is 3. The first-order valence-corrected chi connectivity index (χ1v) is 10.9. The van der Waals surface area contributed by atoms with Crippen LogP contribution in [0, 0.1) is 18.3 Å². The summed E-state index contributed by atoms with van der Waals surface area (Å²) < 4.78 is 47.3. The molecular formula is C26H21F3N4O. The van der Waals surface area contributed by atoms with Crippen molar-refractivity contribution in [3.8, 4) is 6.07 Å². The molecule has 5 nitrogen and oxygen atoms in total. The van der Waals surface area contributed by atoms with Crippen LogP contribution in [0.15, 0.2) is 54.7 Å². The monoisotopic (exact) mass is 462 g/mol. The van der Waals surface area contributed by atoms with Gasteiger partial charge >= 0.3 is 6.18 Å². The Bertz CT molecular complexity index is 1480. The topological polar surface area (TPSA) is 62.4 Å². The zero-order chi connectivity index (χ0) is 23.9. The lowest BCUT2D eigenvalue weighted by Gasteiger charge is -2.17. The van der Waals surface area contributed by atoms with Crippen LogP contribution in [-0.4, -0.2) is 22.6 Å². The largest absolute Gasteiger partial charge is 0.416 e. The third-order valence-corrected chi connectivity index (χ3v) is 6.20. The van der Waals surface area contributed by atoms with E-state index in [0.29, 0.717) is 35.8 Å². The summed E-state index contributed by atoms with van der Waals surface area (Å²) >= 11 is 0. The van der Waals surface area contributed by atoms with Gasteiger partial charge in [-0.25, -0.2) is 4.98 Å². The third-order valence-electron chi connectivity index (χ3n) is 6.20. The Balaban J connectivity index is 1.60. The lowest BCUT2D eigenvalue weighted by molar-refractivity contribution is -0.138. The first-order chi connectivity index (χ1) is 16.3. The van der Waals surface area contributed by atoms with Gasteiger partial charge in [0.25, 0.3) is 0 Å². The quantitative estimate of drug-likeness (QED) is 0.398. The fourth-order valence-electron chi connectivity index (χ4n) is 4.39. The zero-order valence-electron chi connectivity index (χ0n) is 18.4. The maximum Gasteiger partial charge on any atom is 0.416 e. The second-order valence-corrected chi connectivity index (χ2v) is 8.26. The first kappa shape index (κ1) is 22.0. The van der Waals surface area contributed by atoms with Crippen molar-refractivity contribution in [1.82, 2.24) is 9.38 Å². The van der Waals surface area contributed by atoms with Crippen molar-refractivity contribution < 1.29 is 17.9 Å². The second kappa shape index (κ2) is 8.50. The van der Waals surface area contributed by atoms with Gasteiger partial charge in [0.1, 0.15) is 17.5 Å². The molecule has 0 saturated heterocycles. The predicted molar refractivity (Wildman–Crippen MR) is 124 cm³/mol. The number of aromatic nitrogens is 2. The summed E-state index contributed by atoms with van der Waals surface area (Å²) in [5, 5.41) is 13.4. The van der Waals surface area contributed by atoms with E-state index in [1.165, 1.54) is 18.6 Å². The summed E-state index contributed by atoms with van der Waals surface area (Å²) in [4.78, 5) is 4.71. The molecule has 0 bridgehead atoms. The van der Waals surface area contributed by atoms with Crippen molar-refractivity contribution in [2.24, 2.45) is 0 Å². The number of nitriles is 1. The molecule has 1 aliphatic rings. The predicted octanol–water partition coefficient (Wildman–Crippen LogP) is 6.10. The SMILES string of the molecule is Cc1c(CNc2nc3cc(C#N)cn3c3ccc(C4=CCOCC4)cc23)cccc1C(F)(F)F. The average Bonchev–Trinajstić information content (AvgIpc) is 3.26. The van der Waals surface area contributed by atoms with E-state index < -0.39 is 11.7 Å². The minimum atomic E-state index is -4.41. The van der Waals surface area contributed by atoms with E-state index in [1.54, 1.807) is 18.3 Å². The molecule has 1 N–H and O–H groups in total.